The zero-order valence-corrected chi connectivity index (χ0v) is 11.8. The largest absolute Gasteiger partial charge is 0.321 e. The Morgan fingerprint density at radius 2 is 1.88 bits per heavy atom. The van der Waals surface area contributed by atoms with Crippen molar-refractivity contribution in [2.24, 2.45) is 0 Å². The van der Waals surface area contributed by atoms with E-state index >= 15 is 0 Å². The fraction of sp³-hybridized carbons (Fsp3) is 0. The highest BCUT2D eigenvalue weighted by molar-refractivity contribution is 9.10. The normalized spacial score (nSPS) is 10.0. The van der Waals surface area contributed by atoms with Crippen molar-refractivity contribution < 1.29 is 4.79 Å². The number of amides is 1. The molecule has 0 aliphatic rings. The van der Waals surface area contributed by atoms with Crippen LogP contribution in [0.3, 0.4) is 0 Å². The van der Waals surface area contributed by atoms with Gasteiger partial charge in [0.15, 0.2) is 0 Å². The van der Waals surface area contributed by atoms with Crippen LogP contribution in [0.5, 0.6) is 0 Å². The van der Waals surface area contributed by atoms with Gasteiger partial charge in [0.25, 0.3) is 5.91 Å². The van der Waals surface area contributed by atoms with Crippen LogP contribution >= 0.6 is 31.9 Å². The van der Waals surface area contributed by atoms with Gasteiger partial charge in [-0.05, 0) is 56.1 Å². The minimum atomic E-state index is -0.197. The topological polar surface area (TPSA) is 42.0 Å². The number of nitrogens with one attached hydrogen (secondary N) is 1. The van der Waals surface area contributed by atoms with Gasteiger partial charge < -0.3 is 5.32 Å². The molecule has 0 saturated heterocycles. The first-order chi connectivity index (χ1) is 8.18. The molecule has 0 fully saturated rings. The average Bonchev–Trinajstić information content (AvgIpc) is 2.32. The first-order valence-electron chi connectivity index (χ1n) is 4.85. The Labute approximate surface area is 116 Å². The third-order valence-corrected chi connectivity index (χ3v) is 3.45. The minimum absolute atomic E-state index is 0.197. The lowest BCUT2D eigenvalue weighted by molar-refractivity contribution is 0.102. The molecule has 3 nitrogen and oxygen atoms in total. The van der Waals surface area contributed by atoms with Crippen LogP contribution in [0.1, 0.15) is 10.4 Å². The van der Waals surface area contributed by atoms with Crippen LogP contribution < -0.4 is 5.32 Å². The molecule has 0 spiro atoms. The van der Waals surface area contributed by atoms with E-state index in [1.54, 1.807) is 18.3 Å². The van der Waals surface area contributed by atoms with Crippen molar-refractivity contribution in [3.8, 4) is 0 Å². The highest BCUT2D eigenvalue weighted by Gasteiger charge is 2.11. The standard InChI is InChI=1S/C12H8Br2N2O/c13-9-5-1-2-6-10(9)16-12(17)8-4-3-7-15-11(8)14/h1-7H,(H,16,17). The summed E-state index contributed by atoms with van der Waals surface area (Å²) in [6, 6.07) is 10.9. The molecule has 1 heterocycles. The number of pyridine rings is 1. The number of hydrogen-bond acceptors (Lipinski definition) is 2. The SMILES string of the molecule is O=C(Nc1ccccc1Br)c1cccnc1Br. The number of nitrogens with zero attached hydrogens (tertiary/aromatic N) is 1. The van der Waals surface area contributed by atoms with E-state index in [0.29, 0.717) is 10.2 Å². The van der Waals surface area contributed by atoms with Crippen molar-refractivity contribution in [2.45, 2.75) is 0 Å². The van der Waals surface area contributed by atoms with Gasteiger partial charge in [-0.3, -0.25) is 4.79 Å². The summed E-state index contributed by atoms with van der Waals surface area (Å²) < 4.78 is 1.37. The predicted octanol–water partition coefficient (Wildman–Crippen LogP) is 3.86. The van der Waals surface area contributed by atoms with Gasteiger partial charge in [-0.1, -0.05) is 12.1 Å². The molecule has 1 aromatic heterocycles. The van der Waals surface area contributed by atoms with Crippen molar-refractivity contribution in [1.82, 2.24) is 4.98 Å². The second-order valence-corrected chi connectivity index (χ2v) is 4.88. The highest BCUT2D eigenvalue weighted by atomic mass is 79.9. The van der Waals surface area contributed by atoms with E-state index in [-0.39, 0.29) is 5.91 Å². The van der Waals surface area contributed by atoms with Gasteiger partial charge in [-0.2, -0.15) is 0 Å². The Morgan fingerprint density at radius 1 is 1.12 bits per heavy atom. The monoisotopic (exact) mass is 354 g/mol. The molecule has 0 atom stereocenters. The van der Waals surface area contributed by atoms with Gasteiger partial charge in [0.2, 0.25) is 0 Å². The van der Waals surface area contributed by atoms with E-state index in [0.717, 1.165) is 10.2 Å². The minimum Gasteiger partial charge on any atom is -0.321 e. The lowest BCUT2D eigenvalue weighted by Crippen LogP contribution is -2.13. The third-order valence-electron chi connectivity index (χ3n) is 2.13. The molecule has 2 rings (SSSR count). The second-order valence-electron chi connectivity index (χ2n) is 3.28. The summed E-state index contributed by atoms with van der Waals surface area (Å²) in [6.45, 7) is 0. The molecular formula is C12H8Br2N2O. The van der Waals surface area contributed by atoms with E-state index in [2.05, 4.69) is 42.2 Å². The smallest absolute Gasteiger partial charge is 0.258 e. The maximum Gasteiger partial charge on any atom is 0.258 e. The van der Waals surface area contributed by atoms with E-state index < -0.39 is 0 Å². The molecule has 0 saturated carbocycles. The van der Waals surface area contributed by atoms with Gasteiger partial charge in [-0.25, -0.2) is 4.98 Å². The number of hydrogen-bond donors (Lipinski definition) is 1. The third kappa shape index (κ3) is 2.92. The number of para-hydroxylation sites is 1. The van der Waals surface area contributed by atoms with Crippen LogP contribution in [-0.2, 0) is 0 Å². The molecule has 0 bridgehead atoms. The zero-order chi connectivity index (χ0) is 12.3. The van der Waals surface area contributed by atoms with Crippen molar-refractivity contribution >= 4 is 43.5 Å². The number of anilines is 1. The number of benzene rings is 1. The molecule has 0 radical (unpaired) electrons. The summed E-state index contributed by atoms with van der Waals surface area (Å²) in [5, 5.41) is 2.81. The summed E-state index contributed by atoms with van der Waals surface area (Å²) in [4.78, 5) is 16.0. The van der Waals surface area contributed by atoms with Crippen LogP contribution in [-0.4, -0.2) is 10.9 Å². The maximum absolute atomic E-state index is 12.0. The van der Waals surface area contributed by atoms with Crippen LogP contribution in [0.15, 0.2) is 51.7 Å². The number of aromatic nitrogens is 1. The predicted molar refractivity (Wildman–Crippen MR) is 74.0 cm³/mol. The van der Waals surface area contributed by atoms with E-state index in [4.69, 9.17) is 0 Å². The maximum atomic E-state index is 12.0. The molecule has 1 N–H and O–H groups in total. The van der Waals surface area contributed by atoms with Crippen LogP contribution in [0.4, 0.5) is 5.69 Å². The van der Waals surface area contributed by atoms with E-state index in [1.807, 2.05) is 24.3 Å². The van der Waals surface area contributed by atoms with Gasteiger partial charge in [0, 0.05) is 10.7 Å². The summed E-state index contributed by atoms with van der Waals surface area (Å²) in [7, 11) is 0. The molecule has 0 aliphatic carbocycles. The fourth-order valence-corrected chi connectivity index (χ4v) is 2.12. The molecule has 86 valence electrons. The molecule has 0 aliphatic heterocycles. The molecule has 1 aromatic carbocycles. The number of halogens is 2. The zero-order valence-electron chi connectivity index (χ0n) is 8.65. The Morgan fingerprint density at radius 3 is 2.59 bits per heavy atom. The Bertz CT molecular complexity index is 558. The Kier molecular flexibility index (Phi) is 3.91. The van der Waals surface area contributed by atoms with Crippen molar-refractivity contribution in [3.63, 3.8) is 0 Å². The number of rotatable bonds is 2. The fourth-order valence-electron chi connectivity index (χ4n) is 1.31. The summed E-state index contributed by atoms with van der Waals surface area (Å²) in [5.41, 5.74) is 1.23. The lowest BCUT2D eigenvalue weighted by atomic mass is 10.2. The summed E-state index contributed by atoms with van der Waals surface area (Å²) >= 11 is 6.62. The highest BCUT2D eigenvalue weighted by Crippen LogP contribution is 2.22. The summed E-state index contributed by atoms with van der Waals surface area (Å²) in [5.74, 6) is -0.197. The van der Waals surface area contributed by atoms with Crippen molar-refractivity contribution in [3.05, 3.63) is 57.2 Å². The molecule has 0 unspecified atom stereocenters. The quantitative estimate of drug-likeness (QED) is 0.831. The van der Waals surface area contributed by atoms with E-state index in [1.165, 1.54) is 0 Å². The van der Waals surface area contributed by atoms with Gasteiger partial charge in [0.05, 0.1) is 11.3 Å². The molecule has 17 heavy (non-hydrogen) atoms. The van der Waals surface area contributed by atoms with Gasteiger partial charge >= 0.3 is 0 Å². The molecule has 1 amide bonds. The Hall–Kier alpha value is -1.20. The van der Waals surface area contributed by atoms with Crippen LogP contribution in [0.2, 0.25) is 0 Å². The Balaban J connectivity index is 2.24. The first-order valence-corrected chi connectivity index (χ1v) is 6.43. The van der Waals surface area contributed by atoms with Crippen LogP contribution in [0.25, 0.3) is 0 Å². The van der Waals surface area contributed by atoms with E-state index in [9.17, 15) is 4.79 Å². The molecular weight excluding hydrogens is 348 g/mol. The van der Waals surface area contributed by atoms with Crippen molar-refractivity contribution in [2.75, 3.05) is 5.32 Å². The number of carbonyl (C=O) groups is 1. The average molecular weight is 356 g/mol. The molecule has 5 heteroatoms. The lowest BCUT2D eigenvalue weighted by Gasteiger charge is -2.07. The summed E-state index contributed by atoms with van der Waals surface area (Å²) in [6.07, 6.45) is 1.62. The molecule has 2 aromatic rings. The van der Waals surface area contributed by atoms with Gasteiger partial charge in [-0.15, -0.1) is 0 Å². The second kappa shape index (κ2) is 5.42. The number of carbonyl (C=O) groups excluding carboxylic acids is 1. The van der Waals surface area contributed by atoms with Crippen LogP contribution in [0, 0.1) is 0 Å². The van der Waals surface area contributed by atoms with Gasteiger partial charge in [0.1, 0.15) is 4.60 Å². The first kappa shape index (κ1) is 12.3. The van der Waals surface area contributed by atoms with Crippen molar-refractivity contribution in [1.29, 1.82) is 0 Å².